The molecule has 0 unspecified atom stereocenters. The van der Waals surface area contributed by atoms with E-state index in [-0.39, 0.29) is 34.0 Å². The molecule has 1 aliphatic rings. The fourth-order valence-electron chi connectivity index (χ4n) is 3.74. The minimum absolute atomic E-state index is 0.0106. The molecule has 0 saturated carbocycles. The maximum Gasteiger partial charge on any atom is 0.228 e. The van der Waals surface area contributed by atoms with Gasteiger partial charge in [-0.2, -0.15) is 0 Å². The molecule has 32 heavy (non-hydrogen) atoms. The van der Waals surface area contributed by atoms with Crippen molar-refractivity contribution in [1.82, 2.24) is 4.90 Å². The molecule has 3 atom stereocenters. The Morgan fingerprint density at radius 1 is 0.938 bits per heavy atom. The Balaban J connectivity index is 2.35. The molecule has 6 heteroatoms. The number of hydrogen-bond donors (Lipinski definition) is 0. The molecule has 1 aromatic carbocycles. The molecule has 1 aromatic rings. The normalized spacial score (nSPS) is 21.5. The Kier molecular flexibility index (Phi) is 8.30. The topological polar surface area (TPSA) is 38.8 Å². The Morgan fingerprint density at radius 3 is 1.94 bits per heavy atom. The van der Waals surface area contributed by atoms with Gasteiger partial charge in [-0.15, -0.1) is 0 Å². The average molecular weight is 478 g/mol. The molecule has 2 rings (SSSR count). The molecule has 1 fully saturated rings. The quantitative estimate of drug-likeness (QED) is 0.289. The summed E-state index contributed by atoms with van der Waals surface area (Å²) in [5.41, 5.74) is 1.16. The monoisotopic (exact) mass is 477 g/mol. The Bertz CT molecular complexity index is 766. The number of carbonyl (C=O) groups excluding carboxylic acids is 1. The number of amides is 1. The fourth-order valence-corrected chi connectivity index (χ4v) is 6.08. The first kappa shape index (κ1) is 27.3. The maximum atomic E-state index is 13.1. The van der Waals surface area contributed by atoms with Crippen LogP contribution in [0.5, 0.6) is 0 Å². The lowest BCUT2D eigenvalue weighted by Crippen LogP contribution is -2.68. The second-order valence-electron chi connectivity index (χ2n) is 12.4. The van der Waals surface area contributed by atoms with Crippen LogP contribution in [0.15, 0.2) is 30.3 Å². The van der Waals surface area contributed by atoms with E-state index < -0.39 is 16.6 Å². The van der Waals surface area contributed by atoms with Crippen molar-refractivity contribution in [3.63, 3.8) is 0 Å². The predicted molar refractivity (Wildman–Crippen MR) is 140 cm³/mol. The van der Waals surface area contributed by atoms with E-state index in [0.29, 0.717) is 13.2 Å². The SMILES string of the molecule is CC[C@@H]1C(=O)N(Cc2ccccc2)[C@@H]1[C@@H](CO[Si](C)(C)C(C)(C)C)O[Si](C)(C)C(C)(C)C. The summed E-state index contributed by atoms with van der Waals surface area (Å²) in [6.45, 7) is 26.1. The number of rotatable bonds is 9. The van der Waals surface area contributed by atoms with Gasteiger partial charge in [-0.05, 0) is 48.2 Å². The molecule has 0 aliphatic carbocycles. The largest absolute Gasteiger partial charge is 0.414 e. The van der Waals surface area contributed by atoms with Crippen molar-refractivity contribution in [2.75, 3.05) is 6.61 Å². The van der Waals surface area contributed by atoms with Crippen LogP contribution in [-0.4, -0.2) is 46.2 Å². The highest BCUT2D eigenvalue weighted by atomic mass is 28.4. The minimum Gasteiger partial charge on any atom is -0.414 e. The summed E-state index contributed by atoms with van der Waals surface area (Å²) in [4.78, 5) is 15.1. The van der Waals surface area contributed by atoms with E-state index in [1.54, 1.807) is 0 Å². The van der Waals surface area contributed by atoms with E-state index in [1.165, 1.54) is 0 Å². The van der Waals surface area contributed by atoms with E-state index in [0.717, 1.165) is 12.0 Å². The van der Waals surface area contributed by atoms with Gasteiger partial charge in [0.15, 0.2) is 16.6 Å². The lowest BCUT2D eigenvalue weighted by molar-refractivity contribution is -0.167. The lowest BCUT2D eigenvalue weighted by Gasteiger charge is -2.53. The average Bonchev–Trinajstić information content (AvgIpc) is 2.66. The molecule has 4 nitrogen and oxygen atoms in total. The second kappa shape index (κ2) is 9.73. The lowest BCUT2D eigenvalue weighted by atomic mass is 9.81. The van der Waals surface area contributed by atoms with Crippen molar-refractivity contribution in [3.8, 4) is 0 Å². The number of carbonyl (C=O) groups is 1. The van der Waals surface area contributed by atoms with Crippen molar-refractivity contribution >= 4 is 22.5 Å². The third kappa shape index (κ3) is 5.93. The molecule has 0 aromatic heterocycles. The van der Waals surface area contributed by atoms with Crippen molar-refractivity contribution < 1.29 is 13.6 Å². The van der Waals surface area contributed by atoms with E-state index in [4.69, 9.17) is 8.85 Å². The van der Waals surface area contributed by atoms with Crippen LogP contribution in [0, 0.1) is 5.92 Å². The Labute approximate surface area is 199 Å². The summed E-state index contributed by atoms with van der Waals surface area (Å²) in [7, 11) is -3.98. The van der Waals surface area contributed by atoms with E-state index in [1.807, 2.05) is 23.1 Å². The van der Waals surface area contributed by atoms with Crippen LogP contribution in [0.2, 0.25) is 36.3 Å². The van der Waals surface area contributed by atoms with Crippen LogP contribution >= 0.6 is 0 Å². The van der Waals surface area contributed by atoms with Gasteiger partial charge in [-0.1, -0.05) is 78.8 Å². The third-order valence-electron chi connectivity index (χ3n) is 8.06. The molecule has 1 aliphatic heterocycles. The van der Waals surface area contributed by atoms with Crippen molar-refractivity contribution in [3.05, 3.63) is 35.9 Å². The van der Waals surface area contributed by atoms with Gasteiger partial charge < -0.3 is 13.8 Å². The zero-order valence-electron chi connectivity index (χ0n) is 22.4. The predicted octanol–water partition coefficient (Wildman–Crippen LogP) is 6.84. The highest BCUT2D eigenvalue weighted by Gasteiger charge is 2.53. The second-order valence-corrected chi connectivity index (χ2v) is 22.0. The highest BCUT2D eigenvalue weighted by molar-refractivity contribution is 6.74. The highest BCUT2D eigenvalue weighted by Crippen LogP contribution is 2.42. The number of nitrogens with zero attached hydrogens (tertiary/aromatic N) is 1. The van der Waals surface area contributed by atoms with Gasteiger partial charge in [0.25, 0.3) is 0 Å². The summed E-state index contributed by atoms with van der Waals surface area (Å²) in [6.07, 6.45) is 0.739. The zero-order valence-corrected chi connectivity index (χ0v) is 24.4. The molecule has 0 spiro atoms. The van der Waals surface area contributed by atoms with Crippen LogP contribution in [0.4, 0.5) is 0 Å². The standard InChI is InChI=1S/C26H47NO3Si2/c1-12-21-23(27(24(21)28)18-20-16-14-13-15-17-20)22(30-32(10,11)26(5,6)7)19-29-31(8,9)25(2,3)4/h13-17,21-23H,12,18-19H2,1-11H3/t21-,22+,23-/m0/s1. The van der Waals surface area contributed by atoms with E-state index >= 15 is 0 Å². The van der Waals surface area contributed by atoms with E-state index in [2.05, 4.69) is 86.8 Å². The molecule has 182 valence electrons. The Hall–Kier alpha value is -0.956. The first-order valence-electron chi connectivity index (χ1n) is 12.2. The molecule has 0 bridgehead atoms. The van der Waals surface area contributed by atoms with Gasteiger partial charge in [0.1, 0.15) is 0 Å². The van der Waals surface area contributed by atoms with Crippen molar-refractivity contribution in [1.29, 1.82) is 0 Å². The first-order valence-corrected chi connectivity index (χ1v) is 18.0. The van der Waals surface area contributed by atoms with Gasteiger partial charge in [-0.25, -0.2) is 0 Å². The van der Waals surface area contributed by atoms with Gasteiger partial charge in [-0.3, -0.25) is 4.79 Å². The summed E-state index contributed by atoms with van der Waals surface area (Å²) in [5, 5.41) is 0.236. The molecule has 0 radical (unpaired) electrons. The minimum atomic E-state index is -2.04. The number of hydrogen-bond acceptors (Lipinski definition) is 3. The summed E-state index contributed by atoms with van der Waals surface area (Å²) >= 11 is 0. The Morgan fingerprint density at radius 2 is 1.47 bits per heavy atom. The van der Waals surface area contributed by atoms with Crippen LogP contribution in [0.25, 0.3) is 0 Å². The maximum absolute atomic E-state index is 13.1. The van der Waals surface area contributed by atoms with Crippen LogP contribution in [0.3, 0.4) is 0 Å². The van der Waals surface area contributed by atoms with Crippen LogP contribution < -0.4 is 0 Å². The number of likely N-dealkylation sites (tertiary alicyclic amines) is 1. The van der Waals surface area contributed by atoms with Crippen LogP contribution in [-0.2, 0) is 20.2 Å². The number of benzene rings is 1. The zero-order chi connectivity index (χ0) is 24.5. The van der Waals surface area contributed by atoms with Gasteiger partial charge in [0.2, 0.25) is 5.91 Å². The smallest absolute Gasteiger partial charge is 0.228 e. The molecule has 0 N–H and O–H groups in total. The third-order valence-corrected chi connectivity index (χ3v) is 17.1. The summed E-state index contributed by atoms with van der Waals surface area (Å²) in [5.74, 6) is 0.258. The summed E-state index contributed by atoms with van der Waals surface area (Å²) < 4.78 is 13.7. The van der Waals surface area contributed by atoms with E-state index in [9.17, 15) is 4.79 Å². The summed E-state index contributed by atoms with van der Waals surface area (Å²) in [6, 6.07) is 10.3. The molecular formula is C26H47NO3Si2. The van der Waals surface area contributed by atoms with Gasteiger partial charge in [0.05, 0.1) is 24.7 Å². The first-order chi connectivity index (χ1) is 14.5. The molecule has 1 saturated heterocycles. The number of β-lactam (4-membered cyclic amide) rings is 1. The van der Waals surface area contributed by atoms with Gasteiger partial charge in [0, 0.05) is 6.54 Å². The van der Waals surface area contributed by atoms with Gasteiger partial charge >= 0.3 is 0 Å². The van der Waals surface area contributed by atoms with Crippen molar-refractivity contribution in [2.24, 2.45) is 5.92 Å². The molecular weight excluding hydrogens is 430 g/mol. The fraction of sp³-hybridized carbons (Fsp3) is 0.731. The van der Waals surface area contributed by atoms with Crippen molar-refractivity contribution in [2.45, 2.75) is 110 Å². The van der Waals surface area contributed by atoms with Crippen LogP contribution in [0.1, 0.15) is 60.5 Å². The molecule has 1 heterocycles. The molecule has 1 amide bonds.